The van der Waals surface area contributed by atoms with Gasteiger partial charge in [-0.15, -0.1) is 0 Å². The van der Waals surface area contributed by atoms with E-state index in [1.54, 1.807) is 18.2 Å². The predicted octanol–water partition coefficient (Wildman–Crippen LogP) is 5.55. The van der Waals surface area contributed by atoms with Gasteiger partial charge in [0, 0.05) is 6.07 Å². The predicted molar refractivity (Wildman–Crippen MR) is 113 cm³/mol. The number of halogens is 4. The van der Waals surface area contributed by atoms with Crippen molar-refractivity contribution in [1.29, 1.82) is 0 Å². The van der Waals surface area contributed by atoms with Gasteiger partial charge in [0.1, 0.15) is 23.2 Å². The highest BCUT2D eigenvalue weighted by molar-refractivity contribution is 6.03. The highest BCUT2D eigenvalue weighted by atomic mass is 19.3. The van der Waals surface area contributed by atoms with E-state index in [0.29, 0.717) is 0 Å². The van der Waals surface area contributed by atoms with Gasteiger partial charge in [0.2, 0.25) is 5.78 Å². The Labute approximate surface area is 195 Å². The van der Waals surface area contributed by atoms with Crippen molar-refractivity contribution in [3.8, 4) is 23.0 Å². The number of aliphatic hydroxyl groups excluding tert-OH is 1. The van der Waals surface area contributed by atoms with Crippen LogP contribution in [0.4, 0.5) is 23.2 Å². The molecule has 12 heteroatoms. The molecule has 3 aromatic carbocycles. The van der Waals surface area contributed by atoms with Crippen molar-refractivity contribution in [1.82, 2.24) is 0 Å². The largest absolute Gasteiger partial charge is 0.493 e. The molecule has 0 aliphatic heterocycles. The average Bonchev–Trinajstić information content (AvgIpc) is 2.84. The molecule has 0 spiro atoms. The maximum absolute atomic E-state index is 13.1. The molecule has 0 bridgehead atoms. The van der Waals surface area contributed by atoms with Gasteiger partial charge in [0.05, 0.1) is 18.1 Å². The second-order valence-corrected chi connectivity index (χ2v) is 6.99. The van der Waals surface area contributed by atoms with Gasteiger partial charge in [-0.1, -0.05) is 30.3 Å². The van der Waals surface area contributed by atoms with Gasteiger partial charge in [0.15, 0.2) is 11.5 Å². The Morgan fingerprint density at radius 3 is 2.14 bits per heavy atom. The molecule has 0 aliphatic rings. The van der Waals surface area contributed by atoms with Crippen LogP contribution in [0.15, 0.2) is 66.7 Å². The van der Waals surface area contributed by atoms with Gasteiger partial charge >= 0.3 is 12.5 Å². The highest BCUT2D eigenvalue weighted by Crippen LogP contribution is 2.39. The van der Waals surface area contributed by atoms with Gasteiger partial charge in [0.25, 0.3) is 5.69 Å². The third kappa shape index (κ3) is 5.84. The van der Waals surface area contributed by atoms with E-state index in [0.717, 1.165) is 36.4 Å². The summed E-state index contributed by atoms with van der Waals surface area (Å²) < 4.78 is 65.4. The fourth-order valence-electron chi connectivity index (χ4n) is 2.98. The molecule has 35 heavy (non-hydrogen) atoms. The number of carbonyl (C=O) groups is 1. The SMILES string of the molecule is COc1cc([N+](=O)[O-])c(C(=O)C(O)c2ccccc2)cc1Oc1ccc(OC(F)(F)C(F)F)cc1. The number of methoxy groups -OCH3 is 1. The first-order valence-electron chi connectivity index (χ1n) is 9.80. The molecule has 8 nitrogen and oxygen atoms in total. The molecule has 3 rings (SSSR count). The number of carbonyl (C=O) groups excluding carboxylic acids is 1. The molecule has 0 heterocycles. The molecule has 3 aromatic rings. The van der Waals surface area contributed by atoms with Crippen molar-refractivity contribution in [2.24, 2.45) is 0 Å². The summed E-state index contributed by atoms with van der Waals surface area (Å²) >= 11 is 0. The summed E-state index contributed by atoms with van der Waals surface area (Å²) in [6.45, 7) is 0. The number of hydrogen-bond donors (Lipinski definition) is 1. The molecular weight excluding hydrogens is 478 g/mol. The number of aliphatic hydroxyl groups is 1. The topological polar surface area (TPSA) is 108 Å². The summed E-state index contributed by atoms with van der Waals surface area (Å²) in [5.41, 5.74) is -0.910. The Balaban J connectivity index is 1.94. The molecule has 0 radical (unpaired) electrons. The van der Waals surface area contributed by atoms with Gasteiger partial charge in [-0.25, -0.2) is 0 Å². The summed E-state index contributed by atoms with van der Waals surface area (Å²) in [6.07, 6.45) is -10.4. The van der Waals surface area contributed by atoms with Gasteiger partial charge in [-0.2, -0.15) is 17.6 Å². The first-order chi connectivity index (χ1) is 16.5. The minimum atomic E-state index is -4.70. The quantitative estimate of drug-likeness (QED) is 0.170. The zero-order chi connectivity index (χ0) is 25.8. The summed E-state index contributed by atoms with van der Waals surface area (Å²) in [7, 11) is 1.19. The van der Waals surface area contributed by atoms with E-state index in [1.165, 1.54) is 19.2 Å². The fraction of sp³-hybridized carbons (Fsp3) is 0.174. The second kappa shape index (κ2) is 10.4. The Hall–Kier alpha value is -4.19. The smallest absolute Gasteiger partial charge is 0.461 e. The van der Waals surface area contributed by atoms with Gasteiger partial charge in [-0.3, -0.25) is 14.9 Å². The summed E-state index contributed by atoms with van der Waals surface area (Å²) in [5.74, 6) is -1.89. The highest BCUT2D eigenvalue weighted by Gasteiger charge is 2.44. The molecule has 184 valence electrons. The lowest BCUT2D eigenvalue weighted by Crippen LogP contribution is -2.33. The molecule has 0 aromatic heterocycles. The number of ketones is 1. The van der Waals surface area contributed by atoms with Crippen molar-refractivity contribution < 1.29 is 46.6 Å². The van der Waals surface area contributed by atoms with Crippen LogP contribution in [0, 0.1) is 10.1 Å². The van der Waals surface area contributed by atoms with Crippen LogP contribution in [-0.4, -0.2) is 35.5 Å². The van der Waals surface area contributed by atoms with Crippen LogP contribution >= 0.6 is 0 Å². The monoisotopic (exact) mass is 495 g/mol. The van der Waals surface area contributed by atoms with E-state index in [9.17, 15) is 37.6 Å². The lowest BCUT2D eigenvalue weighted by molar-refractivity contribution is -0.385. The minimum absolute atomic E-state index is 0.0214. The number of Topliss-reactive ketones (excluding diaryl/α,β-unsaturated/α-hetero) is 1. The van der Waals surface area contributed by atoms with Crippen molar-refractivity contribution in [3.63, 3.8) is 0 Å². The normalized spacial score (nSPS) is 12.2. The number of rotatable bonds is 10. The van der Waals surface area contributed by atoms with Crippen molar-refractivity contribution in [2.75, 3.05) is 7.11 Å². The van der Waals surface area contributed by atoms with Gasteiger partial charge < -0.3 is 19.3 Å². The van der Waals surface area contributed by atoms with Crippen LogP contribution in [-0.2, 0) is 0 Å². The molecule has 1 atom stereocenters. The van der Waals surface area contributed by atoms with Crippen molar-refractivity contribution in [3.05, 3.63) is 88.0 Å². The number of hydrogen-bond acceptors (Lipinski definition) is 7. The van der Waals surface area contributed by atoms with E-state index in [1.807, 2.05) is 0 Å². The van der Waals surface area contributed by atoms with E-state index >= 15 is 0 Å². The van der Waals surface area contributed by atoms with Crippen LogP contribution in [0.1, 0.15) is 22.0 Å². The van der Waals surface area contributed by atoms with Crippen LogP contribution in [0.3, 0.4) is 0 Å². The minimum Gasteiger partial charge on any atom is -0.493 e. The standard InChI is InChI=1S/C23H17F4NO7/c1-33-18-12-17(28(31)32)16(21(30)20(29)13-5-3-2-4-6-13)11-19(18)34-14-7-9-15(10-8-14)35-23(26,27)22(24)25/h2-12,20,22,29H,1H3. The van der Waals surface area contributed by atoms with Crippen molar-refractivity contribution in [2.45, 2.75) is 18.6 Å². The molecule has 1 unspecified atom stereocenters. The van der Waals surface area contributed by atoms with Gasteiger partial charge in [-0.05, 0) is 29.8 Å². The second-order valence-electron chi connectivity index (χ2n) is 6.99. The molecule has 0 fully saturated rings. The number of nitro groups is 1. The number of ether oxygens (including phenoxy) is 3. The zero-order valence-electron chi connectivity index (χ0n) is 17.9. The van der Waals surface area contributed by atoms with E-state index in [2.05, 4.69) is 4.74 Å². The first-order valence-corrected chi connectivity index (χ1v) is 9.80. The molecule has 0 saturated carbocycles. The fourth-order valence-corrected chi connectivity index (χ4v) is 2.98. The first kappa shape index (κ1) is 25.4. The summed E-state index contributed by atoms with van der Waals surface area (Å²) in [6, 6.07) is 13.8. The molecule has 0 saturated heterocycles. The third-order valence-corrected chi connectivity index (χ3v) is 4.67. The Bertz CT molecular complexity index is 1200. The average molecular weight is 495 g/mol. The Morgan fingerprint density at radius 2 is 1.60 bits per heavy atom. The van der Waals surface area contributed by atoms with Crippen LogP contribution in [0.2, 0.25) is 0 Å². The molecule has 0 aliphatic carbocycles. The number of benzene rings is 3. The molecular formula is C23H17F4NO7. The molecule has 0 amide bonds. The Morgan fingerprint density at radius 1 is 1.00 bits per heavy atom. The molecule has 1 N–H and O–H groups in total. The van der Waals surface area contributed by atoms with Crippen LogP contribution in [0.5, 0.6) is 23.0 Å². The van der Waals surface area contributed by atoms with E-state index in [4.69, 9.17) is 9.47 Å². The number of nitro benzene ring substituents is 1. The van der Waals surface area contributed by atoms with E-state index < -0.39 is 46.3 Å². The van der Waals surface area contributed by atoms with Crippen LogP contribution < -0.4 is 14.2 Å². The maximum atomic E-state index is 13.1. The zero-order valence-corrected chi connectivity index (χ0v) is 17.9. The Kier molecular flexibility index (Phi) is 7.55. The number of alkyl halides is 4. The summed E-state index contributed by atoms with van der Waals surface area (Å²) in [4.78, 5) is 23.7. The van der Waals surface area contributed by atoms with Crippen molar-refractivity contribution >= 4 is 11.5 Å². The summed E-state index contributed by atoms with van der Waals surface area (Å²) in [5, 5.41) is 22.0. The lowest BCUT2D eigenvalue weighted by Gasteiger charge is -2.17. The maximum Gasteiger partial charge on any atom is 0.461 e. The third-order valence-electron chi connectivity index (χ3n) is 4.67. The lowest BCUT2D eigenvalue weighted by atomic mass is 9.98. The number of nitrogens with zero attached hydrogens (tertiary/aromatic N) is 1. The van der Waals surface area contributed by atoms with E-state index in [-0.39, 0.29) is 22.8 Å². The van der Waals surface area contributed by atoms with Crippen LogP contribution in [0.25, 0.3) is 0 Å².